The molecule has 0 saturated carbocycles. The summed E-state index contributed by atoms with van der Waals surface area (Å²) < 4.78 is 0. The van der Waals surface area contributed by atoms with Crippen LogP contribution in [0.25, 0.3) is 10.9 Å². The second-order valence-corrected chi connectivity index (χ2v) is 9.33. The van der Waals surface area contributed by atoms with Crippen molar-refractivity contribution < 1.29 is 4.79 Å². The summed E-state index contributed by atoms with van der Waals surface area (Å²) in [6.45, 7) is 3.60. The van der Waals surface area contributed by atoms with Gasteiger partial charge in [-0.3, -0.25) is 14.7 Å². The maximum absolute atomic E-state index is 12.7. The van der Waals surface area contributed by atoms with Crippen LogP contribution in [0, 0.1) is 5.92 Å². The van der Waals surface area contributed by atoms with Crippen molar-refractivity contribution in [3.8, 4) is 0 Å². The molecule has 1 aliphatic heterocycles. The number of likely N-dealkylation sites (tertiary alicyclic amines) is 1. The molecule has 2 heterocycles. The summed E-state index contributed by atoms with van der Waals surface area (Å²) in [5.41, 5.74) is 2.85. The molecule has 1 aliphatic rings. The molecule has 3 aromatic rings. The highest BCUT2D eigenvalue weighted by molar-refractivity contribution is 6.35. The quantitative estimate of drug-likeness (QED) is 0.420. The molecular formula is C24H25Cl3N4O. The summed E-state index contributed by atoms with van der Waals surface area (Å²) in [7, 11) is 0. The van der Waals surface area contributed by atoms with E-state index in [2.05, 4.69) is 20.5 Å². The average molecular weight is 492 g/mol. The summed E-state index contributed by atoms with van der Waals surface area (Å²) in [6.07, 6.45) is 3.65. The number of aromatic nitrogens is 1. The number of fused-ring (bicyclic) bond motifs is 1. The summed E-state index contributed by atoms with van der Waals surface area (Å²) in [6, 6.07) is 13.1. The number of amides is 1. The van der Waals surface area contributed by atoms with Crippen LogP contribution in [0.2, 0.25) is 15.1 Å². The van der Waals surface area contributed by atoms with E-state index in [0.29, 0.717) is 28.2 Å². The Hall–Kier alpha value is -2.05. The van der Waals surface area contributed by atoms with Crippen LogP contribution in [0.15, 0.2) is 48.7 Å². The van der Waals surface area contributed by atoms with Gasteiger partial charge in [0.25, 0.3) is 0 Å². The fourth-order valence-electron chi connectivity index (χ4n) is 4.11. The van der Waals surface area contributed by atoms with Crippen molar-refractivity contribution >= 4 is 57.3 Å². The number of nitrogens with zero attached hydrogens (tertiary/aromatic N) is 2. The van der Waals surface area contributed by atoms with Gasteiger partial charge in [-0.05, 0) is 61.3 Å². The van der Waals surface area contributed by atoms with Gasteiger partial charge in [0.1, 0.15) is 0 Å². The molecule has 168 valence electrons. The Labute approximate surface area is 203 Å². The minimum atomic E-state index is -0.0151. The SMILES string of the molecule is O=C(NCCNc1ccnc2cc(Cl)ccc12)[C@@H]1CCCN(Cc2ccc(Cl)cc2Cl)C1. The molecular weight excluding hydrogens is 467 g/mol. The lowest BCUT2D eigenvalue weighted by Gasteiger charge is -2.32. The molecule has 2 aromatic carbocycles. The van der Waals surface area contributed by atoms with Crippen LogP contribution < -0.4 is 10.6 Å². The molecule has 0 aliphatic carbocycles. The zero-order valence-corrected chi connectivity index (χ0v) is 19.9. The third-order valence-electron chi connectivity index (χ3n) is 5.73. The van der Waals surface area contributed by atoms with E-state index < -0.39 is 0 Å². The Bertz CT molecular complexity index is 1110. The largest absolute Gasteiger partial charge is 0.383 e. The number of rotatable bonds is 7. The summed E-state index contributed by atoms with van der Waals surface area (Å²) >= 11 is 18.4. The Morgan fingerprint density at radius 3 is 2.72 bits per heavy atom. The van der Waals surface area contributed by atoms with Crippen LogP contribution in [-0.4, -0.2) is 42.0 Å². The molecule has 8 heteroatoms. The van der Waals surface area contributed by atoms with Crippen molar-refractivity contribution in [2.24, 2.45) is 5.92 Å². The van der Waals surface area contributed by atoms with E-state index in [1.54, 1.807) is 12.3 Å². The van der Waals surface area contributed by atoms with E-state index in [1.807, 2.05) is 36.4 Å². The van der Waals surface area contributed by atoms with Gasteiger partial charge in [-0.1, -0.05) is 40.9 Å². The normalized spacial score (nSPS) is 16.8. The van der Waals surface area contributed by atoms with Gasteiger partial charge in [0.2, 0.25) is 5.91 Å². The summed E-state index contributed by atoms with van der Waals surface area (Å²) in [5, 5.41) is 9.43. The number of anilines is 1. The second kappa shape index (κ2) is 10.7. The van der Waals surface area contributed by atoms with Crippen LogP contribution in [0.1, 0.15) is 18.4 Å². The maximum atomic E-state index is 12.7. The lowest BCUT2D eigenvalue weighted by Crippen LogP contribution is -2.43. The van der Waals surface area contributed by atoms with Crippen LogP contribution in [0.4, 0.5) is 5.69 Å². The van der Waals surface area contributed by atoms with Crippen molar-refractivity contribution in [1.29, 1.82) is 0 Å². The van der Waals surface area contributed by atoms with Crippen molar-refractivity contribution in [1.82, 2.24) is 15.2 Å². The molecule has 1 saturated heterocycles. The van der Waals surface area contributed by atoms with Gasteiger partial charge < -0.3 is 10.6 Å². The first-order valence-electron chi connectivity index (χ1n) is 10.7. The number of hydrogen-bond acceptors (Lipinski definition) is 4. The topological polar surface area (TPSA) is 57.3 Å². The molecule has 0 radical (unpaired) electrons. The lowest BCUT2D eigenvalue weighted by molar-refractivity contribution is -0.126. The Balaban J connectivity index is 1.26. The zero-order valence-electron chi connectivity index (χ0n) is 17.6. The predicted molar refractivity (Wildman–Crippen MR) is 133 cm³/mol. The molecule has 5 nitrogen and oxygen atoms in total. The molecule has 1 fully saturated rings. The first-order chi connectivity index (χ1) is 15.5. The lowest BCUT2D eigenvalue weighted by atomic mass is 9.96. The number of carbonyl (C=O) groups excluding carboxylic acids is 1. The van der Waals surface area contributed by atoms with Crippen molar-refractivity contribution in [2.45, 2.75) is 19.4 Å². The van der Waals surface area contributed by atoms with Gasteiger partial charge in [0, 0.05) is 58.5 Å². The number of hydrogen-bond donors (Lipinski definition) is 2. The fourth-order valence-corrected chi connectivity index (χ4v) is 4.74. The number of carbonyl (C=O) groups is 1. The third-order valence-corrected chi connectivity index (χ3v) is 6.55. The highest BCUT2D eigenvalue weighted by Gasteiger charge is 2.25. The molecule has 1 amide bonds. The van der Waals surface area contributed by atoms with Gasteiger partial charge in [0.15, 0.2) is 0 Å². The van der Waals surface area contributed by atoms with Crippen molar-refractivity contribution in [2.75, 3.05) is 31.5 Å². The van der Waals surface area contributed by atoms with Crippen LogP contribution in [-0.2, 0) is 11.3 Å². The van der Waals surface area contributed by atoms with E-state index in [0.717, 1.165) is 54.6 Å². The second-order valence-electron chi connectivity index (χ2n) is 8.05. The van der Waals surface area contributed by atoms with Crippen molar-refractivity contribution in [3.05, 3.63) is 69.3 Å². The van der Waals surface area contributed by atoms with E-state index in [9.17, 15) is 4.79 Å². The first kappa shape index (κ1) is 23.1. The third kappa shape index (κ3) is 5.84. The average Bonchev–Trinajstić information content (AvgIpc) is 2.78. The number of benzene rings is 2. The van der Waals surface area contributed by atoms with Crippen molar-refractivity contribution in [3.63, 3.8) is 0 Å². The maximum Gasteiger partial charge on any atom is 0.224 e. The molecule has 0 bridgehead atoms. The Morgan fingerprint density at radius 1 is 1.06 bits per heavy atom. The zero-order chi connectivity index (χ0) is 22.5. The fraction of sp³-hybridized carbons (Fsp3) is 0.333. The molecule has 2 N–H and O–H groups in total. The standard InChI is InChI=1S/C24H25Cl3N4O/c25-18-4-3-16(21(27)12-18)14-31-11-1-2-17(15-31)24(32)30-10-9-29-22-7-8-28-23-13-19(26)5-6-20(22)23/h3-8,12-13,17H,1-2,9-11,14-15H2,(H,28,29)(H,30,32)/t17-/m1/s1. The highest BCUT2D eigenvalue weighted by Crippen LogP contribution is 2.26. The Kier molecular flexibility index (Phi) is 7.74. The Morgan fingerprint density at radius 2 is 1.88 bits per heavy atom. The summed E-state index contributed by atoms with van der Waals surface area (Å²) in [4.78, 5) is 19.4. The summed E-state index contributed by atoms with van der Waals surface area (Å²) in [5.74, 6) is 0.0868. The van der Waals surface area contributed by atoms with E-state index in [1.165, 1.54) is 0 Å². The van der Waals surface area contributed by atoms with Crippen LogP contribution in [0.3, 0.4) is 0 Å². The monoisotopic (exact) mass is 490 g/mol. The van der Waals surface area contributed by atoms with Crippen LogP contribution in [0.5, 0.6) is 0 Å². The minimum Gasteiger partial charge on any atom is -0.383 e. The number of halogens is 3. The smallest absolute Gasteiger partial charge is 0.224 e. The first-order valence-corrected chi connectivity index (χ1v) is 11.8. The van der Waals surface area contributed by atoms with Gasteiger partial charge in [-0.2, -0.15) is 0 Å². The molecule has 32 heavy (non-hydrogen) atoms. The van der Waals surface area contributed by atoms with Gasteiger partial charge in [-0.15, -0.1) is 0 Å². The number of pyridine rings is 1. The molecule has 0 spiro atoms. The molecule has 1 aromatic heterocycles. The molecule has 1 atom stereocenters. The van der Waals surface area contributed by atoms with E-state index in [4.69, 9.17) is 34.8 Å². The number of nitrogens with one attached hydrogen (secondary N) is 2. The molecule has 0 unspecified atom stereocenters. The highest BCUT2D eigenvalue weighted by atomic mass is 35.5. The molecule has 4 rings (SSSR count). The van der Waals surface area contributed by atoms with Gasteiger partial charge >= 0.3 is 0 Å². The van der Waals surface area contributed by atoms with E-state index >= 15 is 0 Å². The van der Waals surface area contributed by atoms with Gasteiger partial charge in [0.05, 0.1) is 11.4 Å². The minimum absolute atomic E-state index is 0.0151. The predicted octanol–water partition coefficient (Wildman–Crippen LogP) is 5.64. The van der Waals surface area contributed by atoms with Gasteiger partial charge in [-0.25, -0.2) is 0 Å². The number of piperidine rings is 1. The van der Waals surface area contributed by atoms with E-state index in [-0.39, 0.29) is 11.8 Å². The van der Waals surface area contributed by atoms with Crippen LogP contribution >= 0.6 is 34.8 Å².